The average molecular weight is 293 g/mol. The Morgan fingerprint density at radius 1 is 1.14 bits per heavy atom. The number of rotatable bonds is 5. The molecule has 0 bridgehead atoms. The van der Waals surface area contributed by atoms with Gasteiger partial charge in [-0.05, 0) is 51.8 Å². The zero-order valence-electron chi connectivity index (χ0n) is 13.1. The van der Waals surface area contributed by atoms with Crippen molar-refractivity contribution in [2.75, 3.05) is 11.9 Å². The fraction of sp³-hybridized carbons (Fsp3) is 0.500. The molecule has 1 rings (SSSR count). The number of ether oxygens (including phenoxy) is 2. The number of benzene rings is 1. The standard InChI is InChI=1S/C16H23NO4/c1-5-20-14(18)11-8-12-6-9-13(10-7-12)17-15(19)21-16(2,3)4/h6-7,9-10H,5,8,11H2,1-4H3,(H,17,19). The molecule has 0 saturated carbocycles. The van der Waals surface area contributed by atoms with Crippen molar-refractivity contribution in [3.63, 3.8) is 0 Å². The number of nitrogens with one attached hydrogen (secondary N) is 1. The maximum atomic E-state index is 11.6. The molecule has 1 N–H and O–H groups in total. The molecule has 0 unspecified atom stereocenters. The van der Waals surface area contributed by atoms with Crippen LogP contribution < -0.4 is 5.32 Å². The van der Waals surface area contributed by atoms with Gasteiger partial charge in [-0.1, -0.05) is 12.1 Å². The first-order valence-electron chi connectivity index (χ1n) is 7.04. The zero-order chi connectivity index (χ0) is 15.9. The van der Waals surface area contributed by atoms with Gasteiger partial charge in [0.2, 0.25) is 0 Å². The topological polar surface area (TPSA) is 64.6 Å². The lowest BCUT2D eigenvalue weighted by atomic mass is 10.1. The Kier molecular flexibility index (Phi) is 6.21. The molecular formula is C16H23NO4. The minimum absolute atomic E-state index is 0.201. The monoisotopic (exact) mass is 293 g/mol. The van der Waals surface area contributed by atoms with Gasteiger partial charge in [0.15, 0.2) is 0 Å². The third-order valence-electron chi connectivity index (χ3n) is 2.52. The maximum Gasteiger partial charge on any atom is 0.412 e. The predicted molar refractivity (Wildman–Crippen MR) is 81.3 cm³/mol. The van der Waals surface area contributed by atoms with Crippen LogP contribution in [0.1, 0.15) is 39.7 Å². The molecule has 0 atom stereocenters. The summed E-state index contributed by atoms with van der Waals surface area (Å²) in [4.78, 5) is 22.9. The molecule has 0 radical (unpaired) electrons. The van der Waals surface area contributed by atoms with Crippen LogP contribution in [-0.2, 0) is 20.7 Å². The Morgan fingerprint density at radius 2 is 1.76 bits per heavy atom. The van der Waals surface area contributed by atoms with E-state index in [-0.39, 0.29) is 5.97 Å². The normalized spacial score (nSPS) is 10.9. The number of esters is 1. The highest BCUT2D eigenvalue weighted by Gasteiger charge is 2.16. The SMILES string of the molecule is CCOC(=O)CCc1ccc(NC(=O)OC(C)(C)C)cc1. The molecule has 0 heterocycles. The third kappa shape index (κ3) is 7.34. The van der Waals surface area contributed by atoms with Gasteiger partial charge in [-0.25, -0.2) is 4.79 Å². The van der Waals surface area contributed by atoms with Crippen LogP contribution >= 0.6 is 0 Å². The highest BCUT2D eigenvalue weighted by Crippen LogP contribution is 2.14. The smallest absolute Gasteiger partial charge is 0.412 e. The summed E-state index contributed by atoms with van der Waals surface area (Å²) >= 11 is 0. The third-order valence-corrected chi connectivity index (χ3v) is 2.52. The molecule has 116 valence electrons. The molecular weight excluding hydrogens is 270 g/mol. The quantitative estimate of drug-likeness (QED) is 0.843. The van der Waals surface area contributed by atoms with E-state index < -0.39 is 11.7 Å². The lowest BCUT2D eigenvalue weighted by Gasteiger charge is -2.19. The summed E-state index contributed by atoms with van der Waals surface area (Å²) in [6.45, 7) is 7.62. The van der Waals surface area contributed by atoms with Crippen LogP contribution in [0.5, 0.6) is 0 Å². The van der Waals surface area contributed by atoms with Crippen LogP contribution in [0.15, 0.2) is 24.3 Å². The van der Waals surface area contributed by atoms with E-state index in [0.29, 0.717) is 25.1 Å². The molecule has 0 fully saturated rings. The van der Waals surface area contributed by atoms with Crippen LogP contribution in [0.2, 0.25) is 0 Å². The average Bonchev–Trinajstić information content (AvgIpc) is 2.36. The van der Waals surface area contributed by atoms with Crippen molar-refractivity contribution in [3.05, 3.63) is 29.8 Å². The summed E-state index contributed by atoms with van der Waals surface area (Å²) in [6.07, 6.45) is 0.486. The second-order valence-corrected chi connectivity index (χ2v) is 5.63. The molecule has 5 nitrogen and oxygen atoms in total. The summed E-state index contributed by atoms with van der Waals surface area (Å²) in [5.41, 5.74) is 1.14. The van der Waals surface area contributed by atoms with Crippen LogP contribution in [0, 0.1) is 0 Å². The molecule has 1 aromatic carbocycles. The molecule has 0 aliphatic heterocycles. The highest BCUT2D eigenvalue weighted by molar-refractivity contribution is 5.84. The molecule has 21 heavy (non-hydrogen) atoms. The van der Waals surface area contributed by atoms with Crippen LogP contribution in [0.25, 0.3) is 0 Å². The van der Waals surface area contributed by atoms with Crippen molar-refractivity contribution in [1.82, 2.24) is 0 Å². The summed E-state index contributed by atoms with van der Waals surface area (Å²) in [7, 11) is 0. The summed E-state index contributed by atoms with van der Waals surface area (Å²) in [6, 6.07) is 7.30. The lowest BCUT2D eigenvalue weighted by molar-refractivity contribution is -0.143. The summed E-state index contributed by atoms with van der Waals surface area (Å²) in [5.74, 6) is -0.201. The van der Waals surface area contributed by atoms with E-state index in [1.807, 2.05) is 32.9 Å². The molecule has 1 amide bonds. The number of hydrogen-bond acceptors (Lipinski definition) is 4. The second-order valence-electron chi connectivity index (χ2n) is 5.63. The molecule has 0 aromatic heterocycles. The van der Waals surface area contributed by atoms with E-state index >= 15 is 0 Å². The first-order chi connectivity index (χ1) is 9.80. The van der Waals surface area contributed by atoms with Gasteiger partial charge in [-0.3, -0.25) is 10.1 Å². The molecule has 0 aliphatic rings. The predicted octanol–water partition coefficient (Wildman–Crippen LogP) is 3.53. The van der Waals surface area contributed by atoms with Crippen molar-refractivity contribution >= 4 is 17.7 Å². The Bertz CT molecular complexity index is 474. The van der Waals surface area contributed by atoms with Gasteiger partial charge >= 0.3 is 12.1 Å². The number of carbonyl (C=O) groups excluding carboxylic acids is 2. The van der Waals surface area contributed by atoms with Crippen LogP contribution in [0.4, 0.5) is 10.5 Å². The Labute approximate surface area is 125 Å². The largest absolute Gasteiger partial charge is 0.466 e. The number of hydrogen-bond donors (Lipinski definition) is 1. The van der Waals surface area contributed by atoms with Crippen molar-refractivity contribution in [1.29, 1.82) is 0 Å². The zero-order valence-corrected chi connectivity index (χ0v) is 13.1. The van der Waals surface area contributed by atoms with Crippen molar-refractivity contribution < 1.29 is 19.1 Å². The number of anilines is 1. The molecule has 0 saturated heterocycles. The minimum atomic E-state index is -0.524. The first kappa shape index (κ1) is 17.0. The summed E-state index contributed by atoms with van der Waals surface area (Å²) in [5, 5.41) is 2.66. The van der Waals surface area contributed by atoms with Gasteiger partial charge in [-0.2, -0.15) is 0 Å². The lowest BCUT2D eigenvalue weighted by Crippen LogP contribution is -2.27. The summed E-state index contributed by atoms with van der Waals surface area (Å²) < 4.78 is 10.0. The number of aryl methyl sites for hydroxylation is 1. The van der Waals surface area contributed by atoms with Crippen LogP contribution in [0.3, 0.4) is 0 Å². The van der Waals surface area contributed by atoms with E-state index in [0.717, 1.165) is 5.56 Å². The maximum absolute atomic E-state index is 11.6. The molecule has 0 aliphatic carbocycles. The molecule has 5 heteroatoms. The Hall–Kier alpha value is -2.04. The van der Waals surface area contributed by atoms with E-state index in [1.54, 1.807) is 19.1 Å². The first-order valence-corrected chi connectivity index (χ1v) is 7.04. The van der Waals surface area contributed by atoms with E-state index in [2.05, 4.69) is 5.32 Å². The van der Waals surface area contributed by atoms with Gasteiger partial charge in [0, 0.05) is 12.1 Å². The van der Waals surface area contributed by atoms with Crippen molar-refractivity contribution in [2.24, 2.45) is 0 Å². The molecule has 1 aromatic rings. The second kappa shape index (κ2) is 7.67. The van der Waals surface area contributed by atoms with E-state index in [9.17, 15) is 9.59 Å². The number of carbonyl (C=O) groups is 2. The Balaban J connectivity index is 2.47. The minimum Gasteiger partial charge on any atom is -0.466 e. The van der Waals surface area contributed by atoms with Crippen molar-refractivity contribution in [2.45, 2.75) is 46.1 Å². The van der Waals surface area contributed by atoms with Crippen molar-refractivity contribution in [3.8, 4) is 0 Å². The van der Waals surface area contributed by atoms with E-state index in [1.165, 1.54) is 0 Å². The molecule has 0 spiro atoms. The van der Waals surface area contributed by atoms with Gasteiger partial charge < -0.3 is 9.47 Å². The van der Waals surface area contributed by atoms with E-state index in [4.69, 9.17) is 9.47 Å². The fourth-order valence-electron chi connectivity index (χ4n) is 1.66. The van der Waals surface area contributed by atoms with Gasteiger partial charge in [0.05, 0.1) is 6.61 Å². The Morgan fingerprint density at radius 3 is 2.29 bits per heavy atom. The number of amides is 1. The van der Waals surface area contributed by atoms with Gasteiger partial charge in [0.25, 0.3) is 0 Å². The van der Waals surface area contributed by atoms with Gasteiger partial charge in [0.1, 0.15) is 5.60 Å². The fourth-order valence-corrected chi connectivity index (χ4v) is 1.66. The van der Waals surface area contributed by atoms with Crippen LogP contribution in [-0.4, -0.2) is 24.3 Å². The van der Waals surface area contributed by atoms with Gasteiger partial charge in [-0.15, -0.1) is 0 Å². The highest BCUT2D eigenvalue weighted by atomic mass is 16.6.